The molecule has 0 saturated heterocycles. The first-order valence-corrected chi connectivity index (χ1v) is 1.67. The summed E-state index contributed by atoms with van der Waals surface area (Å²) in [4.78, 5) is 0. The van der Waals surface area contributed by atoms with Gasteiger partial charge in [0, 0.05) is 0 Å². The standard InChI is InChI=1S/C3H4N3.Rb/c1-3-2-4-6-5-3;/h2H,1H3;/q-1;+1. The van der Waals surface area contributed by atoms with Crippen LogP contribution in [0.25, 0.3) is 0 Å². The maximum absolute atomic E-state index is 3.56. The molecule has 4 heteroatoms. The van der Waals surface area contributed by atoms with Gasteiger partial charge in [-0.1, -0.05) is 11.9 Å². The van der Waals surface area contributed by atoms with Gasteiger partial charge in [0.15, 0.2) is 0 Å². The molecule has 0 aromatic carbocycles. The molecule has 0 spiro atoms. The van der Waals surface area contributed by atoms with Gasteiger partial charge >= 0.3 is 58.2 Å². The zero-order valence-corrected chi connectivity index (χ0v) is 9.34. The van der Waals surface area contributed by atoms with E-state index < -0.39 is 0 Å². The van der Waals surface area contributed by atoms with Gasteiger partial charge in [-0.2, -0.15) is 0 Å². The molecule has 0 fully saturated rings. The van der Waals surface area contributed by atoms with Crippen LogP contribution in [0.5, 0.6) is 0 Å². The fourth-order valence-electron chi connectivity index (χ4n) is 0.232. The number of nitrogens with zero attached hydrogens (tertiary/aromatic N) is 3. The summed E-state index contributed by atoms with van der Waals surface area (Å²) in [5.41, 5.74) is 0.870. The third-order valence-corrected chi connectivity index (χ3v) is 0.499. The Hall–Kier alpha value is 0.945. The van der Waals surface area contributed by atoms with Crippen LogP contribution in [0, 0.1) is 6.92 Å². The molecule has 0 atom stereocenters. The van der Waals surface area contributed by atoms with Crippen molar-refractivity contribution in [1.82, 2.24) is 15.4 Å². The van der Waals surface area contributed by atoms with E-state index in [-0.39, 0.29) is 58.2 Å². The Morgan fingerprint density at radius 3 is 2.57 bits per heavy atom. The zero-order valence-electron chi connectivity index (χ0n) is 4.42. The minimum Gasteiger partial charge on any atom is -0.358 e. The molecule has 7 heavy (non-hydrogen) atoms. The first-order chi connectivity index (χ1) is 2.89. The van der Waals surface area contributed by atoms with E-state index in [1.165, 1.54) is 0 Å². The maximum Gasteiger partial charge on any atom is 1.00 e. The van der Waals surface area contributed by atoms with Gasteiger partial charge < -0.3 is 10.2 Å². The van der Waals surface area contributed by atoms with Gasteiger partial charge in [0.25, 0.3) is 0 Å². The summed E-state index contributed by atoms with van der Waals surface area (Å²) in [6.07, 6.45) is 1.61. The average molecular weight is 168 g/mol. The number of aryl methyl sites for hydroxylation is 1. The van der Waals surface area contributed by atoms with E-state index in [0.717, 1.165) is 5.69 Å². The first kappa shape index (κ1) is 7.95. The Labute approximate surface area is 90.7 Å². The predicted molar refractivity (Wildman–Crippen MR) is 20.1 cm³/mol. The van der Waals surface area contributed by atoms with Crippen molar-refractivity contribution < 1.29 is 58.2 Å². The summed E-state index contributed by atoms with van der Waals surface area (Å²) in [5.74, 6) is 0. The van der Waals surface area contributed by atoms with Crippen LogP contribution in [0.3, 0.4) is 0 Å². The Kier molecular flexibility index (Phi) is 4.41. The summed E-state index contributed by atoms with van der Waals surface area (Å²) in [6.45, 7) is 1.85. The Morgan fingerprint density at radius 1 is 1.71 bits per heavy atom. The molecule has 3 nitrogen and oxygen atoms in total. The van der Waals surface area contributed by atoms with Crippen molar-refractivity contribution in [1.29, 1.82) is 0 Å². The number of hydrogen-bond acceptors (Lipinski definition) is 2. The summed E-state index contributed by atoms with van der Waals surface area (Å²) in [5, 5.41) is 10.3. The van der Waals surface area contributed by atoms with Crippen LogP contribution in [0.1, 0.15) is 5.69 Å². The number of rotatable bonds is 0. The molecule has 32 valence electrons. The van der Waals surface area contributed by atoms with Gasteiger partial charge in [-0.25, -0.2) is 0 Å². The third-order valence-electron chi connectivity index (χ3n) is 0.499. The Morgan fingerprint density at radius 2 is 2.43 bits per heavy atom. The largest absolute Gasteiger partial charge is 1.00 e. The molecule has 0 amide bonds. The zero-order chi connectivity index (χ0) is 4.41. The molecule has 1 rings (SSSR count). The van der Waals surface area contributed by atoms with Gasteiger partial charge in [-0.05, 0) is 6.92 Å². The maximum atomic E-state index is 3.56. The molecule has 0 saturated carbocycles. The van der Waals surface area contributed by atoms with Gasteiger partial charge in [-0.3, -0.25) is 5.21 Å². The molecule has 0 radical (unpaired) electrons. The second-order valence-corrected chi connectivity index (χ2v) is 1.08. The van der Waals surface area contributed by atoms with E-state index in [4.69, 9.17) is 0 Å². The van der Waals surface area contributed by atoms with Crippen molar-refractivity contribution >= 4 is 0 Å². The molecular weight excluding hydrogens is 164 g/mol. The van der Waals surface area contributed by atoms with Crippen LogP contribution in [0.15, 0.2) is 6.20 Å². The van der Waals surface area contributed by atoms with E-state index in [1.54, 1.807) is 6.20 Å². The quantitative estimate of drug-likeness (QED) is 0.408. The minimum absolute atomic E-state index is 0. The molecule has 1 heterocycles. The molecule has 0 unspecified atom stereocenters. The van der Waals surface area contributed by atoms with Crippen LogP contribution >= 0.6 is 0 Å². The fourth-order valence-corrected chi connectivity index (χ4v) is 0.232. The van der Waals surface area contributed by atoms with E-state index in [1.807, 2.05) is 6.92 Å². The first-order valence-electron chi connectivity index (χ1n) is 1.67. The molecule has 0 N–H and O–H groups in total. The van der Waals surface area contributed by atoms with Crippen molar-refractivity contribution in [3.63, 3.8) is 0 Å². The summed E-state index contributed by atoms with van der Waals surface area (Å²) < 4.78 is 0. The summed E-state index contributed by atoms with van der Waals surface area (Å²) in [7, 11) is 0. The van der Waals surface area contributed by atoms with Crippen LogP contribution in [-0.4, -0.2) is 10.3 Å². The topological polar surface area (TPSA) is 39.9 Å². The Bertz CT molecular complexity index is 114. The van der Waals surface area contributed by atoms with Crippen molar-refractivity contribution in [2.24, 2.45) is 0 Å². The molecule has 1 aromatic heterocycles. The third kappa shape index (κ3) is 2.69. The molecular formula is C3H4N3Rb. The predicted octanol–water partition coefficient (Wildman–Crippen LogP) is -3.25. The molecule has 0 aliphatic carbocycles. The van der Waals surface area contributed by atoms with Crippen molar-refractivity contribution in [2.75, 3.05) is 0 Å². The summed E-state index contributed by atoms with van der Waals surface area (Å²) in [6, 6.07) is 0. The second kappa shape index (κ2) is 3.89. The van der Waals surface area contributed by atoms with E-state index in [9.17, 15) is 0 Å². The van der Waals surface area contributed by atoms with Gasteiger partial charge in [0.05, 0.1) is 0 Å². The SMILES string of the molecule is Cc1c[n-]nn1.[Rb+]. The number of hydrogen-bond donors (Lipinski definition) is 0. The Balaban J connectivity index is 0.000000360. The van der Waals surface area contributed by atoms with Crippen LogP contribution in [-0.2, 0) is 0 Å². The van der Waals surface area contributed by atoms with Crippen LogP contribution in [0.2, 0.25) is 0 Å². The summed E-state index contributed by atoms with van der Waals surface area (Å²) >= 11 is 0. The van der Waals surface area contributed by atoms with Crippen LogP contribution in [0.4, 0.5) is 0 Å². The van der Waals surface area contributed by atoms with E-state index in [2.05, 4.69) is 15.4 Å². The van der Waals surface area contributed by atoms with Crippen LogP contribution < -0.4 is 63.3 Å². The average Bonchev–Trinajstić information content (AvgIpc) is 1.86. The van der Waals surface area contributed by atoms with E-state index in [0.29, 0.717) is 0 Å². The fraction of sp³-hybridized carbons (Fsp3) is 0.333. The minimum atomic E-state index is 0. The second-order valence-electron chi connectivity index (χ2n) is 1.08. The van der Waals surface area contributed by atoms with Gasteiger partial charge in [0.1, 0.15) is 0 Å². The smallest absolute Gasteiger partial charge is 0.358 e. The monoisotopic (exact) mass is 167 g/mol. The van der Waals surface area contributed by atoms with Crippen molar-refractivity contribution in [2.45, 2.75) is 6.92 Å². The van der Waals surface area contributed by atoms with Crippen molar-refractivity contribution in [3.8, 4) is 0 Å². The van der Waals surface area contributed by atoms with Crippen molar-refractivity contribution in [3.05, 3.63) is 11.9 Å². The molecule has 1 aromatic rings. The molecule has 0 aliphatic rings. The van der Waals surface area contributed by atoms with E-state index >= 15 is 0 Å². The normalized spacial score (nSPS) is 7.57. The van der Waals surface area contributed by atoms with Gasteiger partial charge in [0.2, 0.25) is 0 Å². The molecule has 0 bridgehead atoms. The molecule has 0 aliphatic heterocycles. The number of aromatic nitrogens is 3. The van der Waals surface area contributed by atoms with Gasteiger partial charge in [-0.15, -0.1) is 0 Å².